The van der Waals surface area contributed by atoms with E-state index in [4.69, 9.17) is 19.3 Å². The summed E-state index contributed by atoms with van der Waals surface area (Å²) in [6, 6.07) is 25.5. The van der Waals surface area contributed by atoms with E-state index in [0.29, 0.717) is 19.4 Å². The standard InChI is InChI=1S/C36H42N2O4/c1-5-31(26-12-7-6-8-13-26)35(27-16-19-30(20-17-27)40-23-11-15-34(39)42-36(2,3)4)28-18-21-32-29(24-28)25-37-38(32)33-14-9-10-22-41-33/h6-8,12-13,16-21,24-25,33H,5,9-11,14-15,22-23H2,1-4H3. The number of aromatic nitrogens is 2. The Morgan fingerprint density at radius 1 is 0.976 bits per heavy atom. The van der Waals surface area contributed by atoms with Crippen LogP contribution in [0.5, 0.6) is 5.75 Å². The number of carbonyl (C=O) groups excluding carboxylic acids is 1. The second-order valence-electron chi connectivity index (χ2n) is 11.8. The second-order valence-corrected chi connectivity index (χ2v) is 11.8. The molecule has 6 heteroatoms. The van der Waals surface area contributed by atoms with Crippen LogP contribution in [0.3, 0.4) is 0 Å². The van der Waals surface area contributed by atoms with Gasteiger partial charge in [-0.3, -0.25) is 4.79 Å². The quantitative estimate of drug-likeness (QED) is 0.109. The van der Waals surface area contributed by atoms with Crippen molar-refractivity contribution in [2.24, 2.45) is 0 Å². The number of rotatable bonds is 10. The minimum Gasteiger partial charge on any atom is -0.494 e. The first kappa shape index (κ1) is 29.6. The monoisotopic (exact) mass is 566 g/mol. The van der Waals surface area contributed by atoms with E-state index in [9.17, 15) is 4.79 Å². The van der Waals surface area contributed by atoms with Crippen molar-refractivity contribution < 1.29 is 19.0 Å². The van der Waals surface area contributed by atoms with Crippen LogP contribution in [-0.2, 0) is 14.3 Å². The number of hydrogen-bond acceptors (Lipinski definition) is 5. The molecular formula is C36H42N2O4. The molecule has 1 aromatic heterocycles. The summed E-state index contributed by atoms with van der Waals surface area (Å²) in [6.45, 7) is 9.09. The van der Waals surface area contributed by atoms with Gasteiger partial charge in [0.15, 0.2) is 6.23 Å². The van der Waals surface area contributed by atoms with Gasteiger partial charge in [0.1, 0.15) is 11.4 Å². The van der Waals surface area contributed by atoms with Crippen molar-refractivity contribution in [1.82, 2.24) is 9.78 Å². The fraction of sp³-hybridized carbons (Fsp3) is 0.389. The Bertz CT molecular complexity index is 1510. The summed E-state index contributed by atoms with van der Waals surface area (Å²) in [7, 11) is 0. The molecule has 42 heavy (non-hydrogen) atoms. The van der Waals surface area contributed by atoms with E-state index in [1.807, 2.05) is 43.8 Å². The van der Waals surface area contributed by atoms with Gasteiger partial charge in [-0.1, -0.05) is 55.5 Å². The largest absolute Gasteiger partial charge is 0.494 e. The average molecular weight is 567 g/mol. The number of hydrogen-bond donors (Lipinski definition) is 0. The van der Waals surface area contributed by atoms with Crippen molar-refractivity contribution in [2.75, 3.05) is 13.2 Å². The zero-order chi connectivity index (χ0) is 29.5. The van der Waals surface area contributed by atoms with Crippen molar-refractivity contribution in [3.8, 4) is 5.75 Å². The average Bonchev–Trinajstić information content (AvgIpc) is 3.42. The first-order valence-corrected chi connectivity index (χ1v) is 15.2. The Morgan fingerprint density at radius 2 is 1.74 bits per heavy atom. The maximum absolute atomic E-state index is 12.0. The third kappa shape index (κ3) is 7.29. The zero-order valence-electron chi connectivity index (χ0n) is 25.3. The van der Waals surface area contributed by atoms with Gasteiger partial charge >= 0.3 is 5.97 Å². The van der Waals surface area contributed by atoms with Crippen molar-refractivity contribution in [2.45, 2.75) is 78.0 Å². The molecule has 1 aliphatic rings. The third-order valence-electron chi connectivity index (χ3n) is 7.45. The summed E-state index contributed by atoms with van der Waals surface area (Å²) in [5.41, 5.74) is 6.59. The first-order valence-electron chi connectivity index (χ1n) is 15.2. The van der Waals surface area contributed by atoms with Crippen LogP contribution in [0.15, 0.2) is 79.0 Å². The zero-order valence-corrected chi connectivity index (χ0v) is 25.3. The molecule has 3 aromatic carbocycles. The van der Waals surface area contributed by atoms with E-state index in [1.165, 1.54) is 16.7 Å². The Kier molecular flexibility index (Phi) is 9.43. The molecule has 0 saturated carbocycles. The Hall–Kier alpha value is -3.90. The highest BCUT2D eigenvalue weighted by atomic mass is 16.6. The lowest BCUT2D eigenvalue weighted by Gasteiger charge is -2.23. The maximum atomic E-state index is 12.0. The summed E-state index contributed by atoms with van der Waals surface area (Å²) < 4.78 is 19.4. The van der Waals surface area contributed by atoms with Gasteiger partial charge in [0.2, 0.25) is 0 Å². The molecule has 1 saturated heterocycles. The number of benzene rings is 3. The number of carbonyl (C=O) groups is 1. The molecule has 220 valence electrons. The molecule has 4 aromatic rings. The molecule has 0 bridgehead atoms. The second kappa shape index (κ2) is 13.4. The highest BCUT2D eigenvalue weighted by molar-refractivity contribution is 6.00. The summed E-state index contributed by atoms with van der Waals surface area (Å²) >= 11 is 0. The highest BCUT2D eigenvalue weighted by Crippen LogP contribution is 2.37. The van der Waals surface area contributed by atoms with E-state index < -0.39 is 5.60 Å². The number of allylic oxidation sites excluding steroid dienone is 1. The van der Waals surface area contributed by atoms with Crippen molar-refractivity contribution >= 4 is 28.0 Å². The van der Waals surface area contributed by atoms with Crippen LogP contribution >= 0.6 is 0 Å². The highest BCUT2D eigenvalue weighted by Gasteiger charge is 2.20. The molecular weight excluding hydrogens is 524 g/mol. The van der Waals surface area contributed by atoms with Crippen LogP contribution in [0, 0.1) is 0 Å². The van der Waals surface area contributed by atoms with Gasteiger partial charge in [0, 0.05) is 18.4 Å². The van der Waals surface area contributed by atoms with Crippen molar-refractivity contribution in [1.29, 1.82) is 0 Å². The topological polar surface area (TPSA) is 62.6 Å². The van der Waals surface area contributed by atoms with Crippen molar-refractivity contribution in [3.05, 3.63) is 95.7 Å². The Balaban J connectivity index is 1.41. The fourth-order valence-corrected chi connectivity index (χ4v) is 5.55. The van der Waals surface area contributed by atoms with Crippen LogP contribution in [-0.4, -0.2) is 34.6 Å². The first-order chi connectivity index (χ1) is 20.3. The Morgan fingerprint density at radius 3 is 2.43 bits per heavy atom. The molecule has 1 fully saturated rings. The lowest BCUT2D eigenvalue weighted by Crippen LogP contribution is -2.23. The van der Waals surface area contributed by atoms with Crippen LogP contribution in [0.2, 0.25) is 0 Å². The number of fused-ring (bicyclic) bond motifs is 1. The molecule has 6 nitrogen and oxygen atoms in total. The van der Waals surface area contributed by atoms with E-state index in [0.717, 1.165) is 60.1 Å². The summed E-state index contributed by atoms with van der Waals surface area (Å²) in [4.78, 5) is 12.0. The molecule has 2 heterocycles. The summed E-state index contributed by atoms with van der Waals surface area (Å²) in [5.74, 6) is 0.585. The molecule has 0 aliphatic carbocycles. The molecule has 1 atom stereocenters. The van der Waals surface area contributed by atoms with Gasteiger partial charge in [-0.25, -0.2) is 4.68 Å². The van der Waals surface area contributed by atoms with Gasteiger partial charge in [-0.05, 0) is 105 Å². The number of nitrogens with zero attached hydrogens (tertiary/aromatic N) is 2. The van der Waals surface area contributed by atoms with E-state index in [1.54, 1.807) is 0 Å². The van der Waals surface area contributed by atoms with E-state index in [2.05, 4.69) is 67.6 Å². The minimum absolute atomic E-state index is 0.00399. The minimum atomic E-state index is -0.467. The third-order valence-corrected chi connectivity index (χ3v) is 7.45. The van der Waals surface area contributed by atoms with Crippen LogP contribution in [0.25, 0.3) is 22.0 Å². The van der Waals surface area contributed by atoms with E-state index in [-0.39, 0.29) is 12.2 Å². The Labute approximate surface area is 249 Å². The van der Waals surface area contributed by atoms with Crippen LogP contribution < -0.4 is 4.74 Å². The molecule has 0 N–H and O–H groups in total. The van der Waals surface area contributed by atoms with Gasteiger partial charge in [-0.15, -0.1) is 0 Å². The predicted octanol–water partition coefficient (Wildman–Crippen LogP) is 8.61. The van der Waals surface area contributed by atoms with Gasteiger partial charge in [-0.2, -0.15) is 5.10 Å². The molecule has 1 aliphatic heterocycles. The maximum Gasteiger partial charge on any atom is 0.306 e. The SMILES string of the molecule is CCC(=C(c1ccc(OCCCC(=O)OC(C)(C)C)cc1)c1ccc2c(cnn2C2CCCCO2)c1)c1ccccc1. The molecule has 1 unspecified atom stereocenters. The smallest absolute Gasteiger partial charge is 0.306 e. The van der Waals surface area contributed by atoms with Gasteiger partial charge in [0.05, 0.1) is 18.3 Å². The van der Waals surface area contributed by atoms with E-state index >= 15 is 0 Å². The molecule has 5 rings (SSSR count). The normalized spacial score (nSPS) is 16.2. The van der Waals surface area contributed by atoms with Gasteiger partial charge < -0.3 is 14.2 Å². The molecule has 0 amide bonds. The van der Waals surface area contributed by atoms with Crippen LogP contribution in [0.1, 0.15) is 89.1 Å². The lowest BCUT2D eigenvalue weighted by molar-refractivity contribution is -0.155. The summed E-state index contributed by atoms with van der Waals surface area (Å²) in [5, 5.41) is 5.83. The van der Waals surface area contributed by atoms with Crippen molar-refractivity contribution in [3.63, 3.8) is 0 Å². The van der Waals surface area contributed by atoms with Gasteiger partial charge in [0.25, 0.3) is 0 Å². The number of esters is 1. The van der Waals surface area contributed by atoms with Crippen LogP contribution in [0.4, 0.5) is 0 Å². The predicted molar refractivity (Wildman–Crippen MR) is 168 cm³/mol. The molecule has 0 radical (unpaired) electrons. The lowest BCUT2D eigenvalue weighted by atomic mass is 9.88. The fourth-order valence-electron chi connectivity index (χ4n) is 5.55. The molecule has 0 spiro atoms. The summed E-state index contributed by atoms with van der Waals surface area (Å²) in [6.07, 6.45) is 7.06. The number of ether oxygens (including phenoxy) is 3.